The first kappa shape index (κ1) is 22.9. The van der Waals surface area contributed by atoms with Crippen LogP contribution in [-0.2, 0) is 6.42 Å². The topological polar surface area (TPSA) is 61.6 Å². The molecule has 1 unspecified atom stereocenters. The highest BCUT2D eigenvalue weighted by molar-refractivity contribution is 7.18. The highest BCUT2D eigenvalue weighted by Crippen LogP contribution is 2.28. The van der Waals surface area contributed by atoms with Crippen molar-refractivity contribution in [2.24, 2.45) is 5.92 Å². The molecule has 1 N–H and O–H groups in total. The molecule has 1 fully saturated rings. The number of halogens is 1. The van der Waals surface area contributed by atoms with E-state index in [0.29, 0.717) is 40.5 Å². The Hall–Kier alpha value is -2.29. The van der Waals surface area contributed by atoms with Gasteiger partial charge in [-0.2, -0.15) is 0 Å². The molecule has 32 heavy (non-hydrogen) atoms. The van der Waals surface area contributed by atoms with Crippen molar-refractivity contribution in [3.63, 3.8) is 0 Å². The maximum atomic E-state index is 15.0. The lowest BCUT2D eigenvalue weighted by Crippen LogP contribution is -2.31. The quantitative estimate of drug-likeness (QED) is 0.585. The van der Waals surface area contributed by atoms with Crippen molar-refractivity contribution in [1.29, 1.82) is 0 Å². The summed E-state index contributed by atoms with van der Waals surface area (Å²) in [6.07, 6.45) is 3.46. The van der Waals surface area contributed by atoms with Crippen molar-refractivity contribution < 1.29 is 9.50 Å². The molecule has 0 aliphatic carbocycles. The monoisotopic (exact) mass is 458 g/mol. The molecule has 0 saturated carbocycles. The molecule has 1 saturated heterocycles. The van der Waals surface area contributed by atoms with E-state index in [9.17, 15) is 14.3 Å². The van der Waals surface area contributed by atoms with E-state index in [2.05, 4.69) is 14.8 Å². The molecule has 3 aromatic rings. The minimum absolute atomic E-state index is 0.198. The predicted octanol–water partition coefficient (Wildman–Crippen LogP) is 3.68. The fourth-order valence-corrected chi connectivity index (χ4v) is 5.23. The number of hydrogen-bond acceptors (Lipinski definition) is 6. The van der Waals surface area contributed by atoms with Gasteiger partial charge in [0.15, 0.2) is 0 Å². The first-order valence-corrected chi connectivity index (χ1v) is 12.0. The summed E-state index contributed by atoms with van der Waals surface area (Å²) < 4.78 is 17.0. The Morgan fingerprint density at radius 2 is 2.09 bits per heavy atom. The number of aliphatic hydroxyl groups is 1. The summed E-state index contributed by atoms with van der Waals surface area (Å²) in [4.78, 5) is 22.8. The number of hydrogen-bond donors (Lipinski definition) is 1. The molecule has 8 heteroatoms. The van der Waals surface area contributed by atoms with Crippen LogP contribution in [0, 0.1) is 11.7 Å². The average molecular weight is 459 g/mol. The summed E-state index contributed by atoms with van der Waals surface area (Å²) in [7, 11) is 4.09. The van der Waals surface area contributed by atoms with Gasteiger partial charge in [0.2, 0.25) is 0 Å². The Labute approximate surface area is 191 Å². The van der Waals surface area contributed by atoms with Crippen LogP contribution < -0.4 is 10.5 Å². The van der Waals surface area contributed by atoms with Crippen molar-refractivity contribution >= 4 is 27.2 Å². The zero-order chi connectivity index (χ0) is 23.0. The number of anilines is 1. The lowest BCUT2D eigenvalue weighted by molar-refractivity contribution is 0.117. The van der Waals surface area contributed by atoms with E-state index < -0.39 is 0 Å². The maximum absolute atomic E-state index is 15.0. The molecule has 3 heterocycles. The van der Waals surface area contributed by atoms with Gasteiger partial charge in [0, 0.05) is 30.1 Å². The van der Waals surface area contributed by atoms with Crippen molar-refractivity contribution in [3.8, 4) is 5.69 Å². The second kappa shape index (κ2) is 9.29. The number of aromatic nitrogens is 2. The summed E-state index contributed by atoms with van der Waals surface area (Å²) in [6.45, 7) is 5.59. The van der Waals surface area contributed by atoms with Crippen LogP contribution in [0.15, 0.2) is 35.4 Å². The molecule has 172 valence electrons. The molecule has 4 rings (SSSR count). The molecule has 2 atom stereocenters. The molecule has 2 aromatic heterocycles. The molecule has 0 radical (unpaired) electrons. The molecule has 1 aliphatic heterocycles. The average Bonchev–Trinajstić information content (AvgIpc) is 3.40. The van der Waals surface area contributed by atoms with E-state index in [4.69, 9.17) is 0 Å². The van der Waals surface area contributed by atoms with Gasteiger partial charge in [0.25, 0.3) is 5.56 Å². The lowest BCUT2D eigenvalue weighted by atomic mass is 10.0. The van der Waals surface area contributed by atoms with Gasteiger partial charge in [-0.1, -0.05) is 13.8 Å². The third-order valence-corrected chi connectivity index (χ3v) is 7.56. The SMILES string of the molecule is CC(C)C(O)CCc1cc2ncn(-c3ccc(N4CC[C@@H](N(C)C)C4)c(F)c3)c(=O)c2s1. The maximum Gasteiger partial charge on any atom is 0.275 e. The standard InChI is InChI=1S/C24H31FN4O2S/c1-15(2)22(30)8-6-18-12-20-23(32-18)24(31)29(14-26-20)16-5-7-21(19(25)11-16)28-10-9-17(13-28)27(3)4/h5,7,11-12,14-15,17,22,30H,6,8-10,13H2,1-4H3/t17-,22?/m1/s1. The molecular weight excluding hydrogens is 427 g/mol. The Bertz CT molecular complexity index is 1160. The Balaban J connectivity index is 1.57. The molecule has 0 bridgehead atoms. The first-order chi connectivity index (χ1) is 15.2. The molecule has 0 spiro atoms. The minimum atomic E-state index is -0.366. The van der Waals surface area contributed by atoms with E-state index >= 15 is 0 Å². The van der Waals surface area contributed by atoms with Crippen LogP contribution in [0.4, 0.5) is 10.1 Å². The van der Waals surface area contributed by atoms with Gasteiger partial charge in [0.05, 0.1) is 23.0 Å². The third kappa shape index (κ3) is 4.58. The number of likely N-dealkylation sites (N-methyl/N-ethyl adjacent to an activating group) is 1. The smallest absolute Gasteiger partial charge is 0.275 e. The van der Waals surface area contributed by atoms with Crippen LogP contribution in [0.2, 0.25) is 0 Å². The number of fused-ring (bicyclic) bond motifs is 1. The zero-order valence-electron chi connectivity index (χ0n) is 19.1. The summed E-state index contributed by atoms with van der Waals surface area (Å²) in [5.41, 5.74) is 1.49. The lowest BCUT2D eigenvalue weighted by Gasteiger charge is -2.22. The van der Waals surface area contributed by atoms with Crippen LogP contribution in [0.25, 0.3) is 15.9 Å². The summed E-state index contributed by atoms with van der Waals surface area (Å²) in [6, 6.07) is 7.28. The van der Waals surface area contributed by atoms with Gasteiger partial charge in [-0.05, 0) is 57.5 Å². The minimum Gasteiger partial charge on any atom is -0.393 e. The number of rotatable bonds is 7. The van der Waals surface area contributed by atoms with Crippen LogP contribution >= 0.6 is 11.3 Å². The van der Waals surface area contributed by atoms with Gasteiger partial charge < -0.3 is 14.9 Å². The number of benzene rings is 1. The Kier molecular flexibility index (Phi) is 6.65. The van der Waals surface area contributed by atoms with Gasteiger partial charge in [0.1, 0.15) is 16.8 Å². The Morgan fingerprint density at radius 1 is 1.31 bits per heavy atom. The molecule has 1 aliphatic rings. The van der Waals surface area contributed by atoms with Crippen LogP contribution in [0.5, 0.6) is 0 Å². The number of aliphatic hydroxyl groups excluding tert-OH is 1. The van der Waals surface area contributed by atoms with E-state index in [1.54, 1.807) is 12.1 Å². The van der Waals surface area contributed by atoms with E-state index in [-0.39, 0.29) is 23.4 Å². The van der Waals surface area contributed by atoms with Crippen molar-refractivity contribution in [2.45, 2.75) is 45.3 Å². The third-order valence-electron chi connectivity index (χ3n) is 6.39. The van der Waals surface area contributed by atoms with E-state index in [0.717, 1.165) is 24.4 Å². The van der Waals surface area contributed by atoms with Gasteiger partial charge >= 0.3 is 0 Å². The molecule has 6 nitrogen and oxygen atoms in total. The predicted molar refractivity (Wildman–Crippen MR) is 129 cm³/mol. The summed E-state index contributed by atoms with van der Waals surface area (Å²) in [5, 5.41) is 10.1. The van der Waals surface area contributed by atoms with Crippen LogP contribution in [-0.4, -0.2) is 58.9 Å². The molecule has 1 aromatic carbocycles. The van der Waals surface area contributed by atoms with E-state index in [1.807, 2.05) is 34.0 Å². The normalized spacial score (nSPS) is 17.8. The second-order valence-corrected chi connectivity index (χ2v) is 10.3. The van der Waals surface area contributed by atoms with Crippen LogP contribution in [0.3, 0.4) is 0 Å². The van der Waals surface area contributed by atoms with Crippen LogP contribution in [0.1, 0.15) is 31.6 Å². The summed E-state index contributed by atoms with van der Waals surface area (Å²) >= 11 is 1.40. The second-order valence-electron chi connectivity index (χ2n) is 9.18. The largest absolute Gasteiger partial charge is 0.393 e. The number of thiophene rings is 1. The fraction of sp³-hybridized carbons (Fsp3) is 0.500. The fourth-order valence-electron chi connectivity index (χ4n) is 4.18. The first-order valence-electron chi connectivity index (χ1n) is 11.1. The molecular formula is C24H31FN4O2S. The van der Waals surface area contributed by atoms with Gasteiger partial charge in [-0.15, -0.1) is 11.3 Å². The molecule has 0 amide bonds. The van der Waals surface area contributed by atoms with E-state index in [1.165, 1.54) is 28.3 Å². The summed E-state index contributed by atoms with van der Waals surface area (Å²) in [5.74, 6) is -0.129. The number of aryl methyl sites for hydroxylation is 1. The zero-order valence-corrected chi connectivity index (χ0v) is 19.9. The van der Waals surface area contributed by atoms with Crippen molar-refractivity contribution in [2.75, 3.05) is 32.1 Å². The van der Waals surface area contributed by atoms with Gasteiger partial charge in [-0.25, -0.2) is 9.37 Å². The van der Waals surface area contributed by atoms with Gasteiger partial charge in [-0.3, -0.25) is 9.36 Å². The number of nitrogens with zero attached hydrogens (tertiary/aromatic N) is 4. The van der Waals surface area contributed by atoms with Crippen molar-refractivity contribution in [1.82, 2.24) is 14.5 Å². The van der Waals surface area contributed by atoms with Crippen molar-refractivity contribution in [3.05, 3.63) is 51.6 Å². The Morgan fingerprint density at radius 3 is 2.75 bits per heavy atom. The highest BCUT2D eigenvalue weighted by atomic mass is 32.1. The highest BCUT2D eigenvalue weighted by Gasteiger charge is 2.26.